The Morgan fingerprint density at radius 2 is 2.42 bits per heavy atom. The molecule has 0 amide bonds. The summed E-state index contributed by atoms with van der Waals surface area (Å²) >= 11 is 1.62. The smallest absolute Gasteiger partial charge is 0.0896 e. The molecular weight excluding hydrogens is 170 g/mol. The second-order valence-corrected chi connectivity index (χ2v) is 3.70. The van der Waals surface area contributed by atoms with Gasteiger partial charge in [0.25, 0.3) is 0 Å². The summed E-state index contributed by atoms with van der Waals surface area (Å²) in [6, 6.07) is 2.07. The minimum atomic E-state index is -0.357. The minimum Gasteiger partial charge on any atom is -0.388 e. The molecule has 0 bridgehead atoms. The predicted molar refractivity (Wildman–Crippen MR) is 52.3 cm³/mol. The van der Waals surface area contributed by atoms with Crippen LogP contribution in [0.3, 0.4) is 0 Å². The van der Waals surface area contributed by atoms with Crippen molar-refractivity contribution in [2.45, 2.75) is 25.9 Å². The lowest BCUT2D eigenvalue weighted by Crippen LogP contribution is -2.06. The fraction of sp³-hybridized carbons (Fsp3) is 0.556. The second-order valence-electron chi connectivity index (χ2n) is 2.76. The number of rotatable bonds is 4. The highest BCUT2D eigenvalue weighted by Crippen LogP contribution is 2.26. The monoisotopic (exact) mass is 185 g/mol. The van der Waals surface area contributed by atoms with E-state index in [0.717, 1.165) is 11.3 Å². The number of hydrogen-bond donors (Lipinski definition) is 2. The predicted octanol–water partition coefficient (Wildman–Crippen LogP) is 1.69. The summed E-state index contributed by atoms with van der Waals surface area (Å²) in [6.07, 6.45) is 1.29. The number of thiophene rings is 1. The summed E-state index contributed by atoms with van der Waals surface area (Å²) in [4.78, 5) is 1.09. The Bertz CT molecular complexity index is 234. The van der Waals surface area contributed by atoms with Gasteiger partial charge in [-0.2, -0.15) is 0 Å². The summed E-state index contributed by atoms with van der Waals surface area (Å²) in [7, 11) is 0. The third-order valence-corrected chi connectivity index (χ3v) is 2.96. The van der Waals surface area contributed by atoms with Crippen LogP contribution in [0, 0.1) is 0 Å². The van der Waals surface area contributed by atoms with Crippen molar-refractivity contribution in [3.63, 3.8) is 0 Å². The molecule has 12 heavy (non-hydrogen) atoms. The van der Waals surface area contributed by atoms with Crippen molar-refractivity contribution >= 4 is 11.3 Å². The number of aliphatic hydroxyl groups excluding tert-OH is 1. The summed E-state index contributed by atoms with van der Waals surface area (Å²) in [6.45, 7) is 2.64. The molecule has 1 unspecified atom stereocenters. The van der Waals surface area contributed by atoms with Crippen LogP contribution in [-0.2, 0) is 6.42 Å². The van der Waals surface area contributed by atoms with Crippen molar-refractivity contribution in [2.75, 3.05) is 6.54 Å². The molecule has 0 fully saturated rings. The largest absolute Gasteiger partial charge is 0.388 e. The van der Waals surface area contributed by atoms with Gasteiger partial charge in [0.2, 0.25) is 0 Å². The van der Waals surface area contributed by atoms with Crippen LogP contribution < -0.4 is 5.73 Å². The van der Waals surface area contributed by atoms with Crippen molar-refractivity contribution in [2.24, 2.45) is 5.73 Å². The van der Waals surface area contributed by atoms with Gasteiger partial charge >= 0.3 is 0 Å². The van der Waals surface area contributed by atoms with E-state index in [9.17, 15) is 5.11 Å². The van der Waals surface area contributed by atoms with Crippen LogP contribution in [0.4, 0.5) is 0 Å². The molecule has 0 radical (unpaired) electrons. The molecule has 1 heterocycles. The Balaban J connectivity index is 2.71. The van der Waals surface area contributed by atoms with Crippen LogP contribution in [0.25, 0.3) is 0 Å². The topological polar surface area (TPSA) is 46.2 Å². The normalized spacial score (nSPS) is 13.2. The van der Waals surface area contributed by atoms with Gasteiger partial charge in [-0.25, -0.2) is 0 Å². The summed E-state index contributed by atoms with van der Waals surface area (Å²) < 4.78 is 0. The zero-order chi connectivity index (χ0) is 8.97. The summed E-state index contributed by atoms with van der Waals surface area (Å²) in [5.41, 5.74) is 6.62. The van der Waals surface area contributed by atoms with E-state index in [1.54, 1.807) is 11.3 Å². The molecule has 68 valence electrons. The Morgan fingerprint density at radius 1 is 1.67 bits per heavy atom. The molecule has 0 aromatic carbocycles. The van der Waals surface area contributed by atoms with Gasteiger partial charge in [-0.3, -0.25) is 0 Å². The lowest BCUT2D eigenvalue weighted by molar-refractivity contribution is 0.173. The maximum Gasteiger partial charge on any atom is 0.0896 e. The molecule has 3 N–H and O–H groups in total. The molecule has 0 aliphatic carbocycles. The third-order valence-electron chi connectivity index (χ3n) is 1.90. The minimum absolute atomic E-state index is 0.357. The highest BCUT2D eigenvalue weighted by atomic mass is 32.1. The Morgan fingerprint density at radius 3 is 3.00 bits per heavy atom. The summed E-state index contributed by atoms with van der Waals surface area (Å²) in [5.74, 6) is 0. The van der Waals surface area contributed by atoms with Gasteiger partial charge in [-0.05, 0) is 36.4 Å². The SMILES string of the molecule is CCc1ccsc1C(O)CCN. The number of aliphatic hydroxyl groups is 1. The van der Waals surface area contributed by atoms with Crippen LogP contribution in [0.2, 0.25) is 0 Å². The molecule has 0 saturated heterocycles. The maximum atomic E-state index is 9.65. The number of hydrogen-bond acceptors (Lipinski definition) is 3. The fourth-order valence-corrected chi connectivity index (χ4v) is 2.24. The van der Waals surface area contributed by atoms with Crippen molar-refractivity contribution < 1.29 is 5.11 Å². The van der Waals surface area contributed by atoms with Gasteiger partial charge in [-0.1, -0.05) is 6.92 Å². The quantitative estimate of drug-likeness (QED) is 0.750. The molecule has 1 rings (SSSR count). The van der Waals surface area contributed by atoms with Crippen molar-refractivity contribution in [1.29, 1.82) is 0 Å². The van der Waals surface area contributed by atoms with Gasteiger partial charge in [0.05, 0.1) is 6.10 Å². The van der Waals surface area contributed by atoms with Gasteiger partial charge in [-0.15, -0.1) is 11.3 Å². The Kier molecular flexibility index (Phi) is 3.72. The van der Waals surface area contributed by atoms with Crippen molar-refractivity contribution in [1.82, 2.24) is 0 Å². The molecule has 1 aromatic rings. The lowest BCUT2D eigenvalue weighted by atomic mass is 10.1. The zero-order valence-corrected chi connectivity index (χ0v) is 8.10. The molecule has 0 spiro atoms. The molecule has 1 atom stereocenters. The average molecular weight is 185 g/mol. The first kappa shape index (κ1) is 9.71. The van der Waals surface area contributed by atoms with E-state index in [0.29, 0.717) is 13.0 Å². The highest BCUT2D eigenvalue weighted by Gasteiger charge is 2.11. The maximum absolute atomic E-state index is 9.65. The summed E-state index contributed by atoms with van der Waals surface area (Å²) in [5, 5.41) is 11.7. The van der Waals surface area contributed by atoms with Crippen molar-refractivity contribution in [3.05, 3.63) is 21.9 Å². The molecule has 1 aromatic heterocycles. The highest BCUT2D eigenvalue weighted by molar-refractivity contribution is 7.10. The van der Waals surface area contributed by atoms with E-state index in [1.807, 2.05) is 5.38 Å². The fourth-order valence-electron chi connectivity index (χ4n) is 1.22. The second kappa shape index (κ2) is 4.60. The van der Waals surface area contributed by atoms with E-state index < -0.39 is 0 Å². The number of nitrogens with two attached hydrogens (primary N) is 1. The van der Waals surface area contributed by atoms with E-state index in [-0.39, 0.29) is 6.10 Å². The van der Waals surface area contributed by atoms with E-state index in [1.165, 1.54) is 5.56 Å². The lowest BCUT2D eigenvalue weighted by Gasteiger charge is -2.08. The molecule has 0 saturated carbocycles. The van der Waals surface area contributed by atoms with Gasteiger partial charge in [0.1, 0.15) is 0 Å². The Hall–Kier alpha value is -0.380. The van der Waals surface area contributed by atoms with E-state index in [2.05, 4.69) is 13.0 Å². The van der Waals surface area contributed by atoms with Crippen LogP contribution >= 0.6 is 11.3 Å². The third kappa shape index (κ3) is 2.06. The first-order valence-electron chi connectivity index (χ1n) is 4.24. The van der Waals surface area contributed by atoms with Gasteiger partial charge in [0, 0.05) is 4.88 Å². The molecular formula is C9H15NOS. The average Bonchev–Trinajstić information content (AvgIpc) is 2.51. The molecule has 3 heteroatoms. The first-order chi connectivity index (χ1) is 5.79. The van der Waals surface area contributed by atoms with E-state index in [4.69, 9.17) is 5.73 Å². The molecule has 2 nitrogen and oxygen atoms in total. The van der Waals surface area contributed by atoms with Crippen LogP contribution in [0.1, 0.15) is 29.9 Å². The van der Waals surface area contributed by atoms with Gasteiger partial charge in [0.15, 0.2) is 0 Å². The zero-order valence-electron chi connectivity index (χ0n) is 7.29. The molecule has 0 aliphatic rings. The first-order valence-corrected chi connectivity index (χ1v) is 5.12. The van der Waals surface area contributed by atoms with E-state index >= 15 is 0 Å². The van der Waals surface area contributed by atoms with Gasteiger partial charge < -0.3 is 10.8 Å². The van der Waals surface area contributed by atoms with Crippen LogP contribution in [0.5, 0.6) is 0 Å². The standard InChI is InChI=1S/C9H15NOS/c1-2-7-4-6-12-9(7)8(11)3-5-10/h4,6,8,11H,2-3,5,10H2,1H3. The Labute approximate surface area is 77.0 Å². The molecule has 0 aliphatic heterocycles. The van der Waals surface area contributed by atoms with Crippen LogP contribution in [-0.4, -0.2) is 11.7 Å². The van der Waals surface area contributed by atoms with Crippen LogP contribution in [0.15, 0.2) is 11.4 Å². The number of aryl methyl sites for hydroxylation is 1. The van der Waals surface area contributed by atoms with Crippen molar-refractivity contribution in [3.8, 4) is 0 Å².